The monoisotopic (exact) mass is 763 g/mol. The van der Waals surface area contributed by atoms with E-state index in [4.69, 9.17) is 42.6 Å². The van der Waals surface area contributed by atoms with E-state index in [2.05, 4.69) is 18.4 Å². The van der Waals surface area contributed by atoms with Crippen molar-refractivity contribution in [2.24, 2.45) is 5.92 Å². The Morgan fingerprint density at radius 3 is 1.82 bits per heavy atom. The molecular weight excluding hydrogens is 702 g/mol. The van der Waals surface area contributed by atoms with Crippen molar-refractivity contribution in [3.05, 3.63) is 40.6 Å². The highest BCUT2D eigenvalue weighted by Gasteiger charge is 2.30. The molecule has 1 aromatic heterocycles. The molecule has 4 fully saturated rings. The van der Waals surface area contributed by atoms with Crippen molar-refractivity contribution in [1.82, 2.24) is 4.57 Å². The van der Waals surface area contributed by atoms with Gasteiger partial charge in [-0.2, -0.15) is 0 Å². The van der Waals surface area contributed by atoms with Crippen molar-refractivity contribution < 1.29 is 42.6 Å². The van der Waals surface area contributed by atoms with E-state index in [1.165, 1.54) is 0 Å². The van der Waals surface area contributed by atoms with Gasteiger partial charge in [-0.05, 0) is 81.9 Å². The molecule has 11 heteroatoms. The van der Waals surface area contributed by atoms with E-state index in [0.717, 1.165) is 102 Å². The van der Waals surface area contributed by atoms with Crippen LogP contribution >= 0.6 is 0 Å². The molecule has 55 heavy (non-hydrogen) atoms. The third-order valence-corrected chi connectivity index (χ3v) is 11.3. The Bertz CT molecular complexity index is 1730. The van der Waals surface area contributed by atoms with Crippen molar-refractivity contribution in [3.63, 3.8) is 0 Å². The zero-order chi connectivity index (χ0) is 38.0. The molecule has 5 unspecified atom stereocenters. The number of nitrogens with zero attached hydrogens (tertiary/aromatic N) is 1. The summed E-state index contributed by atoms with van der Waals surface area (Å²) in [7, 11) is 1.64. The van der Waals surface area contributed by atoms with Crippen LogP contribution in [0.3, 0.4) is 0 Å². The number of hydrogen-bond acceptors (Lipinski definition) is 10. The first kappa shape index (κ1) is 39.7. The molecule has 7 rings (SSSR count). The van der Waals surface area contributed by atoms with Gasteiger partial charge in [0.15, 0.2) is 42.4 Å². The Kier molecular flexibility index (Phi) is 14.1. The van der Waals surface area contributed by atoms with Crippen LogP contribution in [0.15, 0.2) is 35.1 Å². The number of methoxy groups -OCH3 is 1. The van der Waals surface area contributed by atoms with Gasteiger partial charge < -0.3 is 47.2 Å². The molecule has 0 saturated carbocycles. The average Bonchev–Trinajstić information content (AvgIpc) is 3.22. The van der Waals surface area contributed by atoms with Gasteiger partial charge in [-0.15, -0.1) is 0 Å². The lowest BCUT2D eigenvalue weighted by Gasteiger charge is -2.30. The summed E-state index contributed by atoms with van der Waals surface area (Å²) >= 11 is 0. The van der Waals surface area contributed by atoms with Crippen LogP contribution in [-0.2, 0) is 25.5 Å². The maximum absolute atomic E-state index is 15.3. The van der Waals surface area contributed by atoms with Crippen LogP contribution < -0.4 is 29.1 Å². The third kappa shape index (κ3) is 9.90. The van der Waals surface area contributed by atoms with Crippen LogP contribution in [0.2, 0.25) is 0 Å². The average molecular weight is 764 g/mol. The molecule has 5 heterocycles. The van der Waals surface area contributed by atoms with E-state index in [-0.39, 0.29) is 23.8 Å². The fourth-order valence-electron chi connectivity index (χ4n) is 8.10. The molecule has 5 atom stereocenters. The molecular formula is C44H61NO10. The summed E-state index contributed by atoms with van der Waals surface area (Å²) in [6, 6.07) is 9.66. The summed E-state index contributed by atoms with van der Waals surface area (Å²) in [5, 5.41) is 0.437. The highest BCUT2D eigenvalue weighted by atomic mass is 16.7. The molecule has 0 bridgehead atoms. The Labute approximate surface area is 325 Å². The van der Waals surface area contributed by atoms with Gasteiger partial charge in [0.2, 0.25) is 5.43 Å². The SMILES string of the molecule is CCCCC(CC)Cn1c(-c2ccc(OC3CCCCO3)c(OC)c2)c(OC2CCCCO2)c(=O)c2c(OC3CCCCO3)cc(OC3CCCCO3)cc21. The molecule has 0 spiro atoms. The zero-order valence-corrected chi connectivity index (χ0v) is 33.2. The third-order valence-electron chi connectivity index (χ3n) is 11.3. The maximum Gasteiger partial charge on any atom is 0.235 e. The number of ether oxygens (including phenoxy) is 9. The quantitative estimate of drug-likeness (QED) is 0.140. The molecule has 4 aliphatic heterocycles. The van der Waals surface area contributed by atoms with E-state index < -0.39 is 12.6 Å². The predicted octanol–water partition coefficient (Wildman–Crippen LogP) is 9.52. The zero-order valence-electron chi connectivity index (χ0n) is 33.2. The Morgan fingerprint density at radius 2 is 1.27 bits per heavy atom. The highest BCUT2D eigenvalue weighted by molar-refractivity contribution is 5.92. The van der Waals surface area contributed by atoms with Gasteiger partial charge in [0.25, 0.3) is 0 Å². The van der Waals surface area contributed by atoms with Gasteiger partial charge >= 0.3 is 0 Å². The number of unbranched alkanes of at least 4 members (excludes halogenated alkanes) is 1. The first-order valence-electron chi connectivity index (χ1n) is 21.1. The van der Waals surface area contributed by atoms with Crippen LogP contribution in [0, 0.1) is 5.92 Å². The van der Waals surface area contributed by atoms with Gasteiger partial charge in [-0.3, -0.25) is 4.79 Å². The molecule has 3 aromatic rings. The first-order chi connectivity index (χ1) is 27.0. The summed E-state index contributed by atoms with van der Waals surface area (Å²) in [4.78, 5) is 15.3. The van der Waals surface area contributed by atoms with Crippen molar-refractivity contribution in [2.45, 2.75) is 148 Å². The Balaban J connectivity index is 1.44. The van der Waals surface area contributed by atoms with Crippen molar-refractivity contribution in [1.29, 1.82) is 0 Å². The van der Waals surface area contributed by atoms with Crippen LogP contribution in [-0.4, -0.2) is 63.3 Å². The molecule has 0 N–H and O–H groups in total. The van der Waals surface area contributed by atoms with Crippen molar-refractivity contribution in [3.8, 4) is 40.0 Å². The summed E-state index contributed by atoms with van der Waals surface area (Å²) in [6.07, 6.45) is 13.5. The Hall–Kier alpha value is -3.51. The van der Waals surface area contributed by atoms with Crippen LogP contribution in [0.1, 0.15) is 117 Å². The molecule has 2 aromatic carbocycles. The fourth-order valence-corrected chi connectivity index (χ4v) is 8.10. The van der Waals surface area contributed by atoms with Crippen molar-refractivity contribution >= 4 is 10.9 Å². The number of hydrogen-bond donors (Lipinski definition) is 0. The van der Waals surface area contributed by atoms with Crippen LogP contribution in [0.5, 0.6) is 28.7 Å². The minimum atomic E-state index is -0.557. The van der Waals surface area contributed by atoms with Gasteiger partial charge in [0.1, 0.15) is 11.5 Å². The highest BCUT2D eigenvalue weighted by Crippen LogP contribution is 2.42. The number of rotatable bonds is 16. The summed E-state index contributed by atoms with van der Waals surface area (Å²) < 4.78 is 58.6. The van der Waals surface area contributed by atoms with Gasteiger partial charge in [0.05, 0.1) is 50.1 Å². The minimum Gasteiger partial charge on any atom is -0.493 e. The maximum atomic E-state index is 15.3. The predicted molar refractivity (Wildman–Crippen MR) is 210 cm³/mol. The smallest absolute Gasteiger partial charge is 0.235 e. The molecule has 11 nitrogen and oxygen atoms in total. The second kappa shape index (κ2) is 19.6. The van der Waals surface area contributed by atoms with E-state index in [9.17, 15) is 0 Å². The second-order valence-corrected chi connectivity index (χ2v) is 15.4. The second-order valence-electron chi connectivity index (χ2n) is 15.4. The number of benzene rings is 2. The van der Waals surface area contributed by atoms with E-state index in [1.54, 1.807) is 7.11 Å². The summed E-state index contributed by atoms with van der Waals surface area (Å²) in [6.45, 7) is 7.63. The standard InChI is InChI=1S/C44H61NO10/c1-4-6-15-30(5-2)29-45-33-27-32(52-37-16-7-11-22-48-37)28-36(54-39-18-9-13-24-50-39)41(33)43(46)44(55-40-19-10-14-25-51-40)42(45)31-20-21-34(35(26-31)47-3)53-38-17-8-12-23-49-38/h20-21,26-28,30,37-40H,4-19,22-25,29H2,1-3H3. The number of fused-ring (bicyclic) bond motifs is 1. The van der Waals surface area contributed by atoms with Crippen molar-refractivity contribution in [2.75, 3.05) is 33.5 Å². The number of pyridine rings is 1. The molecule has 4 saturated heterocycles. The topological polar surface area (TPSA) is 105 Å². The minimum absolute atomic E-state index is 0.231. The van der Waals surface area contributed by atoms with Gasteiger partial charge in [-0.25, -0.2) is 0 Å². The summed E-state index contributed by atoms with van der Waals surface area (Å²) in [5.74, 6) is 2.71. The fraction of sp³-hybridized carbons (Fsp3) is 0.659. The first-order valence-corrected chi connectivity index (χ1v) is 21.1. The molecule has 0 radical (unpaired) electrons. The lowest BCUT2D eigenvalue weighted by atomic mass is 9.97. The van der Waals surface area contributed by atoms with Crippen LogP contribution in [0.25, 0.3) is 22.2 Å². The lowest BCUT2D eigenvalue weighted by molar-refractivity contribution is -0.109. The van der Waals surface area contributed by atoms with E-state index in [1.807, 2.05) is 30.3 Å². The summed E-state index contributed by atoms with van der Waals surface area (Å²) in [5.41, 5.74) is 1.87. The van der Waals surface area contributed by atoms with E-state index >= 15 is 4.79 Å². The molecule has 4 aliphatic rings. The normalized spacial score (nSPS) is 23.9. The number of aromatic nitrogens is 1. The van der Waals surface area contributed by atoms with Gasteiger partial charge in [0, 0.05) is 49.9 Å². The largest absolute Gasteiger partial charge is 0.493 e. The molecule has 0 amide bonds. The van der Waals surface area contributed by atoms with Gasteiger partial charge in [-0.1, -0.05) is 33.1 Å². The molecule has 0 aliphatic carbocycles. The van der Waals surface area contributed by atoms with Crippen LogP contribution in [0.4, 0.5) is 0 Å². The van der Waals surface area contributed by atoms with E-state index in [0.29, 0.717) is 84.9 Å². The Morgan fingerprint density at radius 1 is 0.691 bits per heavy atom. The molecule has 302 valence electrons. The lowest BCUT2D eigenvalue weighted by Crippen LogP contribution is -2.30.